The number of carbonyl (C=O) groups is 3. The van der Waals surface area contributed by atoms with E-state index in [1.807, 2.05) is 10.0 Å². The monoisotopic (exact) mass is 389 g/mol. The van der Waals surface area contributed by atoms with Crippen LogP contribution in [0.2, 0.25) is 0 Å². The molecular weight excluding hydrogens is 369 g/mol. The Bertz CT molecular complexity index is 781. The molecule has 11 heteroatoms. The number of hydrogen-bond donors (Lipinski definition) is 3. The van der Waals surface area contributed by atoms with E-state index in [2.05, 4.69) is 5.32 Å². The van der Waals surface area contributed by atoms with E-state index in [1.165, 1.54) is 19.1 Å². The molecule has 3 amide bonds. The Balaban J connectivity index is 2.55. The van der Waals surface area contributed by atoms with Crippen LogP contribution in [0, 0.1) is 5.82 Å². The van der Waals surface area contributed by atoms with E-state index >= 15 is 0 Å². The van der Waals surface area contributed by atoms with Crippen molar-refractivity contribution in [1.82, 2.24) is 15.4 Å². The predicted octanol–water partition coefficient (Wildman–Crippen LogP) is 0.270. The van der Waals surface area contributed by atoms with Gasteiger partial charge in [-0.05, 0) is 32.9 Å². The van der Waals surface area contributed by atoms with Gasteiger partial charge in [0.25, 0.3) is 5.91 Å². The van der Waals surface area contributed by atoms with Crippen molar-refractivity contribution >= 4 is 27.9 Å². The van der Waals surface area contributed by atoms with Crippen molar-refractivity contribution in [1.29, 1.82) is 0 Å². The van der Waals surface area contributed by atoms with Gasteiger partial charge in [-0.25, -0.2) is 17.6 Å². The third-order valence-electron chi connectivity index (χ3n) is 2.87. The lowest BCUT2D eigenvalue weighted by atomic mass is 10.3. The van der Waals surface area contributed by atoms with E-state index in [1.54, 1.807) is 13.8 Å². The highest BCUT2D eigenvalue weighted by Gasteiger charge is 2.23. The summed E-state index contributed by atoms with van der Waals surface area (Å²) in [6, 6.07) is 3.68. The highest BCUT2D eigenvalue weighted by atomic mass is 32.2. The first-order valence-corrected chi connectivity index (χ1v) is 9.06. The van der Waals surface area contributed by atoms with Crippen LogP contribution in [0.25, 0.3) is 0 Å². The van der Waals surface area contributed by atoms with Crippen LogP contribution in [0.15, 0.2) is 29.2 Å². The molecule has 0 aliphatic rings. The van der Waals surface area contributed by atoms with Crippen molar-refractivity contribution in [2.75, 3.05) is 6.54 Å². The van der Waals surface area contributed by atoms with Gasteiger partial charge in [-0.15, -0.1) is 0 Å². The van der Waals surface area contributed by atoms with Crippen molar-refractivity contribution in [3.05, 3.63) is 30.1 Å². The molecule has 0 saturated carbocycles. The molecule has 0 aliphatic carbocycles. The van der Waals surface area contributed by atoms with E-state index < -0.39 is 51.3 Å². The lowest BCUT2D eigenvalue weighted by Gasteiger charge is -2.14. The Morgan fingerprint density at radius 1 is 1.15 bits per heavy atom. The number of amides is 3. The zero-order chi connectivity index (χ0) is 19.9. The van der Waals surface area contributed by atoms with Crippen LogP contribution in [0.4, 0.5) is 9.18 Å². The average Bonchev–Trinajstić information content (AvgIpc) is 2.52. The van der Waals surface area contributed by atoms with Gasteiger partial charge in [0.05, 0.1) is 0 Å². The number of rotatable bonds is 7. The van der Waals surface area contributed by atoms with Gasteiger partial charge in [-0.2, -0.15) is 4.72 Å². The molecule has 0 radical (unpaired) electrons. The van der Waals surface area contributed by atoms with Gasteiger partial charge < -0.3 is 10.1 Å². The van der Waals surface area contributed by atoms with Crippen LogP contribution in [0.3, 0.4) is 0 Å². The Morgan fingerprint density at radius 2 is 1.77 bits per heavy atom. The molecule has 3 N–H and O–H groups in total. The molecule has 1 aromatic carbocycles. The summed E-state index contributed by atoms with van der Waals surface area (Å²) < 4.78 is 44.0. The molecule has 0 heterocycles. The topological polar surface area (TPSA) is 131 Å². The lowest BCUT2D eigenvalue weighted by molar-refractivity contribution is -0.153. The molecule has 0 spiro atoms. The highest BCUT2D eigenvalue weighted by Crippen LogP contribution is 2.12. The number of carbonyl (C=O) groups excluding carboxylic acids is 3. The van der Waals surface area contributed by atoms with Crippen LogP contribution in [0.1, 0.15) is 20.8 Å². The number of urea groups is 1. The van der Waals surface area contributed by atoms with Crippen LogP contribution in [-0.2, 0) is 24.3 Å². The Labute approximate surface area is 150 Å². The summed E-state index contributed by atoms with van der Waals surface area (Å²) >= 11 is 0. The molecule has 0 bridgehead atoms. The number of benzene rings is 1. The normalized spacial score (nSPS) is 12.3. The van der Waals surface area contributed by atoms with Crippen molar-refractivity contribution < 1.29 is 31.9 Å². The maximum Gasteiger partial charge on any atom is 0.321 e. The summed E-state index contributed by atoms with van der Waals surface area (Å²) in [6.07, 6.45) is -1.33. The third-order valence-corrected chi connectivity index (χ3v) is 4.30. The first-order valence-electron chi connectivity index (χ1n) is 7.58. The molecule has 1 atom stereocenters. The maximum atomic E-state index is 13.5. The Morgan fingerprint density at radius 3 is 2.35 bits per heavy atom. The maximum absolute atomic E-state index is 13.5. The van der Waals surface area contributed by atoms with Gasteiger partial charge in [0.1, 0.15) is 17.3 Å². The van der Waals surface area contributed by atoms with Gasteiger partial charge >= 0.3 is 12.0 Å². The number of sulfonamides is 1. The second kappa shape index (κ2) is 9.25. The van der Waals surface area contributed by atoms with E-state index in [4.69, 9.17) is 4.74 Å². The number of ether oxygens (including phenoxy) is 1. The number of halogens is 1. The number of nitrogens with one attached hydrogen (secondary N) is 3. The molecular formula is C15H20FN3O6S. The van der Waals surface area contributed by atoms with Gasteiger partial charge in [0.2, 0.25) is 10.0 Å². The molecule has 0 aliphatic heterocycles. The minimum absolute atomic E-state index is 0.201. The third kappa shape index (κ3) is 6.76. The van der Waals surface area contributed by atoms with Gasteiger partial charge in [0, 0.05) is 6.04 Å². The molecule has 1 unspecified atom stereocenters. The first kappa shape index (κ1) is 21.5. The van der Waals surface area contributed by atoms with Crippen LogP contribution in [-0.4, -0.2) is 45.0 Å². The van der Waals surface area contributed by atoms with Crippen molar-refractivity contribution in [2.24, 2.45) is 0 Å². The molecule has 0 aromatic heterocycles. The SMILES string of the molecule is CC(C)NC(=O)NC(=O)C(C)OC(=O)CNS(=O)(=O)c1ccccc1F. The largest absolute Gasteiger partial charge is 0.452 e. The van der Waals surface area contributed by atoms with Gasteiger partial charge in [0.15, 0.2) is 6.10 Å². The summed E-state index contributed by atoms with van der Waals surface area (Å²) in [5, 5.41) is 4.38. The first-order chi connectivity index (χ1) is 12.0. The Hall–Kier alpha value is -2.53. The van der Waals surface area contributed by atoms with Crippen LogP contribution < -0.4 is 15.4 Å². The number of esters is 1. The van der Waals surface area contributed by atoms with Crippen molar-refractivity contribution in [2.45, 2.75) is 37.8 Å². The summed E-state index contributed by atoms with van der Waals surface area (Å²) in [7, 11) is -4.27. The fourth-order valence-electron chi connectivity index (χ4n) is 1.70. The van der Waals surface area contributed by atoms with Crippen LogP contribution >= 0.6 is 0 Å². The Kier molecular flexibility index (Phi) is 7.65. The zero-order valence-corrected chi connectivity index (χ0v) is 15.2. The van der Waals surface area contributed by atoms with Crippen LogP contribution in [0.5, 0.6) is 0 Å². The highest BCUT2D eigenvalue weighted by molar-refractivity contribution is 7.89. The lowest BCUT2D eigenvalue weighted by Crippen LogP contribution is -2.47. The predicted molar refractivity (Wildman–Crippen MR) is 89.0 cm³/mol. The van der Waals surface area contributed by atoms with E-state index in [0.29, 0.717) is 0 Å². The second-order valence-corrected chi connectivity index (χ2v) is 7.24. The van der Waals surface area contributed by atoms with E-state index in [-0.39, 0.29) is 6.04 Å². The molecule has 1 aromatic rings. The standard InChI is InChI=1S/C15H20FN3O6S/c1-9(2)18-15(22)19-14(21)10(3)25-13(20)8-17-26(23,24)12-7-5-4-6-11(12)16/h4-7,9-10,17H,8H2,1-3H3,(H2,18,19,21,22). The zero-order valence-electron chi connectivity index (χ0n) is 14.4. The van der Waals surface area contributed by atoms with E-state index in [0.717, 1.165) is 12.1 Å². The summed E-state index contributed by atoms with van der Waals surface area (Å²) in [4.78, 5) is 34.1. The van der Waals surface area contributed by atoms with Gasteiger partial charge in [-0.1, -0.05) is 12.1 Å². The molecule has 1 rings (SSSR count). The van der Waals surface area contributed by atoms with Gasteiger partial charge in [-0.3, -0.25) is 14.9 Å². The molecule has 0 fully saturated rings. The average molecular weight is 389 g/mol. The second-order valence-electron chi connectivity index (χ2n) is 5.50. The number of hydrogen-bond acceptors (Lipinski definition) is 6. The smallest absolute Gasteiger partial charge is 0.321 e. The fraction of sp³-hybridized carbons (Fsp3) is 0.400. The fourth-order valence-corrected chi connectivity index (χ4v) is 2.74. The molecule has 9 nitrogen and oxygen atoms in total. The van der Waals surface area contributed by atoms with Crippen molar-refractivity contribution in [3.8, 4) is 0 Å². The van der Waals surface area contributed by atoms with E-state index in [9.17, 15) is 27.2 Å². The molecule has 26 heavy (non-hydrogen) atoms. The molecule has 0 saturated heterocycles. The molecule has 144 valence electrons. The summed E-state index contributed by atoms with van der Waals surface area (Å²) in [6.45, 7) is 3.78. The summed E-state index contributed by atoms with van der Waals surface area (Å²) in [5.74, 6) is -2.93. The minimum atomic E-state index is -4.27. The quantitative estimate of drug-likeness (QED) is 0.574. The number of imide groups is 1. The summed E-state index contributed by atoms with van der Waals surface area (Å²) in [5.41, 5.74) is 0. The van der Waals surface area contributed by atoms with Crippen molar-refractivity contribution in [3.63, 3.8) is 0 Å². The minimum Gasteiger partial charge on any atom is -0.452 e.